The van der Waals surface area contributed by atoms with Gasteiger partial charge in [-0.15, -0.1) is 0 Å². The fourth-order valence-corrected chi connectivity index (χ4v) is 2.44. The molecule has 0 fully saturated rings. The van der Waals surface area contributed by atoms with Gasteiger partial charge >= 0.3 is 5.97 Å². The molecule has 0 bridgehead atoms. The Morgan fingerprint density at radius 3 is 2.85 bits per heavy atom. The number of carboxylic acids is 1. The number of pyridine rings is 1. The fraction of sp³-hybridized carbons (Fsp3) is 0.133. The van der Waals surface area contributed by atoms with Crippen molar-refractivity contribution in [3.05, 3.63) is 58.9 Å². The number of aromatic nitrogens is 1. The minimum absolute atomic E-state index is 0.289. The smallest absolute Gasteiger partial charge is 0.335 e. The van der Waals surface area contributed by atoms with Gasteiger partial charge < -0.3 is 10.0 Å². The first kappa shape index (κ1) is 12.2. The zero-order chi connectivity index (χ0) is 14.1. The minimum Gasteiger partial charge on any atom is -0.478 e. The average molecular weight is 265 g/mol. The molecule has 20 heavy (non-hydrogen) atoms. The van der Waals surface area contributed by atoms with E-state index in [-0.39, 0.29) is 5.56 Å². The number of nitriles is 1. The second-order valence-corrected chi connectivity index (χ2v) is 4.63. The van der Waals surface area contributed by atoms with Gasteiger partial charge in [0, 0.05) is 19.3 Å². The highest BCUT2D eigenvalue weighted by Gasteiger charge is 2.22. The molecule has 2 heterocycles. The summed E-state index contributed by atoms with van der Waals surface area (Å²) in [5.74, 6) is -0.926. The van der Waals surface area contributed by atoms with Gasteiger partial charge in [-0.25, -0.2) is 9.78 Å². The monoisotopic (exact) mass is 265 g/mol. The number of aromatic carboxylic acids is 1. The van der Waals surface area contributed by atoms with E-state index in [0.717, 1.165) is 16.8 Å². The summed E-state index contributed by atoms with van der Waals surface area (Å²) in [5.41, 5.74) is 3.53. The van der Waals surface area contributed by atoms with E-state index in [1.165, 1.54) is 0 Å². The summed E-state index contributed by atoms with van der Waals surface area (Å²) >= 11 is 0. The normalized spacial score (nSPS) is 12.8. The maximum atomic E-state index is 11.0. The molecule has 1 aromatic carbocycles. The summed E-state index contributed by atoms with van der Waals surface area (Å²) in [4.78, 5) is 17.1. The maximum absolute atomic E-state index is 11.0. The fourth-order valence-electron chi connectivity index (χ4n) is 2.44. The lowest BCUT2D eigenvalue weighted by Crippen LogP contribution is -2.16. The second kappa shape index (κ2) is 4.67. The highest BCUT2D eigenvalue weighted by Crippen LogP contribution is 2.30. The predicted octanol–water partition coefficient (Wildman–Crippen LogP) is 2.17. The average Bonchev–Trinajstić information content (AvgIpc) is 2.89. The highest BCUT2D eigenvalue weighted by molar-refractivity contribution is 5.88. The number of hydrogen-bond acceptors (Lipinski definition) is 4. The number of hydrogen-bond donors (Lipinski definition) is 1. The third-order valence-electron chi connectivity index (χ3n) is 3.41. The number of anilines is 1. The van der Waals surface area contributed by atoms with Crippen LogP contribution in [0.15, 0.2) is 36.5 Å². The molecule has 5 heteroatoms. The molecule has 0 unspecified atom stereocenters. The molecule has 2 aromatic rings. The van der Waals surface area contributed by atoms with Crippen LogP contribution >= 0.6 is 0 Å². The Hall–Kier alpha value is -2.87. The number of carbonyl (C=O) groups is 1. The van der Waals surface area contributed by atoms with E-state index in [2.05, 4.69) is 11.1 Å². The summed E-state index contributed by atoms with van der Waals surface area (Å²) in [6.07, 6.45) is 1.59. The number of rotatable bonds is 2. The summed E-state index contributed by atoms with van der Waals surface area (Å²) in [7, 11) is 0. The van der Waals surface area contributed by atoms with Gasteiger partial charge in [0.25, 0.3) is 0 Å². The van der Waals surface area contributed by atoms with Gasteiger partial charge in [0.05, 0.1) is 11.3 Å². The Balaban J connectivity index is 1.94. The van der Waals surface area contributed by atoms with Crippen LogP contribution in [0.5, 0.6) is 0 Å². The molecule has 0 saturated heterocycles. The van der Waals surface area contributed by atoms with Crippen molar-refractivity contribution in [3.63, 3.8) is 0 Å². The quantitative estimate of drug-likeness (QED) is 0.900. The Bertz CT molecular complexity index is 734. The highest BCUT2D eigenvalue weighted by atomic mass is 16.4. The van der Waals surface area contributed by atoms with Crippen LogP contribution in [-0.2, 0) is 13.1 Å². The summed E-state index contributed by atoms with van der Waals surface area (Å²) < 4.78 is 0. The lowest BCUT2D eigenvalue weighted by molar-refractivity contribution is 0.0697. The molecule has 3 rings (SSSR count). The zero-order valence-corrected chi connectivity index (χ0v) is 10.6. The SMILES string of the molecule is N#Cc1ncccc1N1Cc2ccc(C(=O)O)cc2C1. The minimum atomic E-state index is -0.926. The van der Waals surface area contributed by atoms with E-state index >= 15 is 0 Å². The van der Waals surface area contributed by atoms with Crippen LogP contribution in [0.25, 0.3) is 0 Å². The van der Waals surface area contributed by atoms with Gasteiger partial charge in [-0.2, -0.15) is 5.26 Å². The standard InChI is InChI=1S/C15H11N3O2/c16-7-13-14(2-1-5-17-13)18-8-11-4-3-10(15(19)20)6-12(11)9-18/h1-6H,8-9H2,(H,19,20). The van der Waals surface area contributed by atoms with E-state index in [0.29, 0.717) is 18.8 Å². The van der Waals surface area contributed by atoms with Gasteiger partial charge in [-0.05, 0) is 35.4 Å². The molecule has 0 saturated carbocycles. The molecular weight excluding hydrogens is 254 g/mol. The molecule has 1 aromatic heterocycles. The van der Waals surface area contributed by atoms with Gasteiger partial charge in [0.15, 0.2) is 5.69 Å². The maximum Gasteiger partial charge on any atom is 0.335 e. The van der Waals surface area contributed by atoms with Crippen LogP contribution in [0.1, 0.15) is 27.2 Å². The molecule has 5 nitrogen and oxygen atoms in total. The molecule has 0 aliphatic carbocycles. The lowest BCUT2D eigenvalue weighted by atomic mass is 10.1. The van der Waals surface area contributed by atoms with E-state index in [1.807, 2.05) is 17.0 Å². The Labute approximate surface area is 115 Å². The first-order valence-electron chi connectivity index (χ1n) is 6.14. The van der Waals surface area contributed by atoms with Crippen molar-refractivity contribution in [1.29, 1.82) is 5.26 Å². The van der Waals surface area contributed by atoms with Gasteiger partial charge in [-0.3, -0.25) is 0 Å². The van der Waals surface area contributed by atoms with Crippen molar-refractivity contribution in [1.82, 2.24) is 4.98 Å². The van der Waals surface area contributed by atoms with Crippen molar-refractivity contribution in [2.24, 2.45) is 0 Å². The van der Waals surface area contributed by atoms with Crippen LogP contribution in [0.4, 0.5) is 5.69 Å². The van der Waals surface area contributed by atoms with Crippen LogP contribution in [0, 0.1) is 11.3 Å². The summed E-state index contributed by atoms with van der Waals surface area (Å²) in [6, 6.07) is 10.9. The van der Waals surface area contributed by atoms with Crippen molar-refractivity contribution in [3.8, 4) is 6.07 Å². The van der Waals surface area contributed by atoms with Gasteiger partial charge in [-0.1, -0.05) is 6.07 Å². The van der Waals surface area contributed by atoms with Gasteiger partial charge in [0.2, 0.25) is 0 Å². The van der Waals surface area contributed by atoms with Gasteiger partial charge in [0.1, 0.15) is 6.07 Å². The Kier molecular flexibility index (Phi) is 2.84. The van der Waals surface area contributed by atoms with Crippen LogP contribution in [0.3, 0.4) is 0 Å². The number of carboxylic acid groups (broad SMARTS) is 1. The molecule has 0 radical (unpaired) electrons. The zero-order valence-electron chi connectivity index (χ0n) is 10.6. The number of fused-ring (bicyclic) bond motifs is 1. The molecule has 98 valence electrons. The molecule has 1 aliphatic heterocycles. The largest absolute Gasteiger partial charge is 0.478 e. The predicted molar refractivity (Wildman–Crippen MR) is 72.2 cm³/mol. The van der Waals surface area contributed by atoms with E-state index in [9.17, 15) is 4.79 Å². The first-order valence-corrected chi connectivity index (χ1v) is 6.14. The first-order chi connectivity index (χ1) is 9.69. The van der Waals surface area contributed by atoms with E-state index < -0.39 is 5.97 Å². The molecule has 1 N–H and O–H groups in total. The van der Waals surface area contributed by atoms with E-state index in [1.54, 1.807) is 24.4 Å². The van der Waals surface area contributed by atoms with Crippen LogP contribution in [0.2, 0.25) is 0 Å². The summed E-state index contributed by atoms with van der Waals surface area (Å²) in [6.45, 7) is 1.26. The van der Waals surface area contributed by atoms with E-state index in [4.69, 9.17) is 10.4 Å². The lowest BCUT2D eigenvalue weighted by Gasteiger charge is -2.18. The van der Waals surface area contributed by atoms with Crippen molar-refractivity contribution >= 4 is 11.7 Å². The van der Waals surface area contributed by atoms with Crippen LogP contribution in [-0.4, -0.2) is 16.1 Å². The number of nitrogens with zero attached hydrogens (tertiary/aromatic N) is 3. The molecular formula is C15H11N3O2. The molecule has 0 atom stereocenters. The van der Waals surface area contributed by atoms with Crippen LogP contribution < -0.4 is 4.90 Å². The third kappa shape index (κ3) is 1.97. The Morgan fingerprint density at radius 1 is 1.30 bits per heavy atom. The second-order valence-electron chi connectivity index (χ2n) is 4.63. The molecule has 0 spiro atoms. The van der Waals surface area contributed by atoms with Crippen molar-refractivity contribution in [2.75, 3.05) is 4.90 Å². The Morgan fingerprint density at radius 2 is 2.10 bits per heavy atom. The molecule has 0 amide bonds. The third-order valence-corrected chi connectivity index (χ3v) is 3.41. The summed E-state index contributed by atoms with van der Waals surface area (Å²) in [5, 5.41) is 18.1. The topological polar surface area (TPSA) is 77.2 Å². The van der Waals surface area contributed by atoms with Crippen molar-refractivity contribution in [2.45, 2.75) is 13.1 Å². The molecule has 1 aliphatic rings. The number of benzene rings is 1. The van der Waals surface area contributed by atoms with Crippen molar-refractivity contribution < 1.29 is 9.90 Å².